The molecule has 0 saturated carbocycles. The van der Waals surface area contributed by atoms with E-state index in [1.54, 1.807) is 6.20 Å². The van der Waals surface area contributed by atoms with Gasteiger partial charge in [0.1, 0.15) is 5.15 Å². The van der Waals surface area contributed by atoms with Crippen molar-refractivity contribution in [2.75, 3.05) is 19.6 Å². The molecule has 1 aromatic rings. The van der Waals surface area contributed by atoms with Crippen molar-refractivity contribution in [1.82, 2.24) is 14.9 Å². The molecule has 1 fully saturated rings. The topological polar surface area (TPSA) is 55.0 Å². The molecule has 0 aromatic carbocycles. The molecule has 0 unspecified atom stereocenters. The highest BCUT2D eigenvalue weighted by atomic mass is 35.5. The Hall–Kier alpha value is -0.420. The van der Waals surface area contributed by atoms with Gasteiger partial charge in [-0.15, -0.1) is 0 Å². The molecular weight excluding hydrogens is 259 g/mol. The van der Waals surface area contributed by atoms with Crippen LogP contribution in [-0.2, 0) is 6.54 Å². The Morgan fingerprint density at radius 3 is 2.65 bits per heavy atom. The normalized spacial score (nSPS) is 18.5. The predicted molar refractivity (Wildman–Crippen MR) is 69.1 cm³/mol. The zero-order valence-corrected chi connectivity index (χ0v) is 11.1. The molecule has 1 aliphatic heterocycles. The number of halogens is 2. The molecule has 1 aliphatic rings. The van der Waals surface area contributed by atoms with E-state index in [-0.39, 0.29) is 5.28 Å². The van der Waals surface area contributed by atoms with E-state index in [2.05, 4.69) is 14.9 Å². The quantitative estimate of drug-likeness (QED) is 0.676. The molecule has 17 heavy (non-hydrogen) atoms. The van der Waals surface area contributed by atoms with E-state index in [1.165, 1.54) is 0 Å². The lowest BCUT2D eigenvalue weighted by Crippen LogP contribution is -2.35. The lowest BCUT2D eigenvalue weighted by atomic mass is 9.97. The monoisotopic (exact) mass is 274 g/mol. The number of rotatable bonds is 3. The Labute approximate surface area is 111 Å². The fourth-order valence-electron chi connectivity index (χ4n) is 2.09. The van der Waals surface area contributed by atoms with Crippen LogP contribution in [0, 0.1) is 5.92 Å². The Morgan fingerprint density at radius 2 is 2.06 bits per heavy atom. The summed E-state index contributed by atoms with van der Waals surface area (Å²) in [5.74, 6) is 0.670. The van der Waals surface area contributed by atoms with Crippen LogP contribution in [0.15, 0.2) is 6.20 Å². The minimum absolute atomic E-state index is 0.195. The van der Waals surface area contributed by atoms with Gasteiger partial charge in [-0.05, 0) is 50.0 Å². The molecule has 6 heteroatoms. The highest BCUT2D eigenvalue weighted by Crippen LogP contribution is 2.21. The van der Waals surface area contributed by atoms with Gasteiger partial charge in [-0.3, -0.25) is 4.90 Å². The van der Waals surface area contributed by atoms with Crippen LogP contribution in [0.4, 0.5) is 0 Å². The number of hydrogen-bond donors (Lipinski definition) is 1. The van der Waals surface area contributed by atoms with E-state index in [1.807, 2.05) is 0 Å². The van der Waals surface area contributed by atoms with Gasteiger partial charge in [-0.2, -0.15) is 0 Å². The Kier molecular flexibility index (Phi) is 4.56. The second-order valence-electron chi connectivity index (χ2n) is 4.41. The van der Waals surface area contributed by atoms with Crippen LogP contribution < -0.4 is 5.73 Å². The molecule has 2 rings (SSSR count). The van der Waals surface area contributed by atoms with E-state index in [0.29, 0.717) is 11.1 Å². The molecule has 0 spiro atoms. The fourth-order valence-corrected chi connectivity index (χ4v) is 2.46. The number of nitrogens with zero attached hydrogens (tertiary/aromatic N) is 3. The zero-order chi connectivity index (χ0) is 12.3. The Bertz CT molecular complexity index is 378. The number of nitrogens with two attached hydrogens (primary N) is 1. The summed E-state index contributed by atoms with van der Waals surface area (Å²) < 4.78 is 0. The van der Waals surface area contributed by atoms with Crippen molar-refractivity contribution in [3.05, 3.63) is 22.2 Å². The van der Waals surface area contributed by atoms with E-state index in [0.717, 1.165) is 44.6 Å². The van der Waals surface area contributed by atoms with E-state index >= 15 is 0 Å². The molecule has 0 amide bonds. The van der Waals surface area contributed by atoms with Gasteiger partial charge < -0.3 is 5.73 Å². The minimum atomic E-state index is 0.195. The van der Waals surface area contributed by atoms with Crippen molar-refractivity contribution in [2.24, 2.45) is 11.7 Å². The van der Waals surface area contributed by atoms with Crippen molar-refractivity contribution in [3.8, 4) is 0 Å². The van der Waals surface area contributed by atoms with Crippen molar-refractivity contribution in [1.29, 1.82) is 0 Å². The van der Waals surface area contributed by atoms with Gasteiger partial charge in [0.15, 0.2) is 0 Å². The largest absolute Gasteiger partial charge is 0.330 e. The first-order valence-corrected chi connectivity index (χ1v) is 6.54. The molecule has 2 heterocycles. The lowest BCUT2D eigenvalue weighted by molar-refractivity contribution is 0.180. The highest BCUT2D eigenvalue weighted by Gasteiger charge is 2.19. The molecule has 4 nitrogen and oxygen atoms in total. The van der Waals surface area contributed by atoms with Gasteiger partial charge in [-0.25, -0.2) is 9.97 Å². The smallest absolute Gasteiger partial charge is 0.223 e. The van der Waals surface area contributed by atoms with Crippen LogP contribution in [-0.4, -0.2) is 34.5 Å². The van der Waals surface area contributed by atoms with Crippen molar-refractivity contribution in [2.45, 2.75) is 19.4 Å². The summed E-state index contributed by atoms with van der Waals surface area (Å²) in [7, 11) is 0. The first-order chi connectivity index (χ1) is 8.19. The van der Waals surface area contributed by atoms with Crippen LogP contribution in [0.25, 0.3) is 0 Å². The molecule has 94 valence electrons. The van der Waals surface area contributed by atoms with E-state index in [4.69, 9.17) is 28.9 Å². The molecule has 2 N–H and O–H groups in total. The second-order valence-corrected chi connectivity index (χ2v) is 5.11. The SMILES string of the molecule is NCC1CCN(Cc2cnc(Cl)nc2Cl)CC1. The van der Waals surface area contributed by atoms with Gasteiger partial charge >= 0.3 is 0 Å². The molecule has 0 aliphatic carbocycles. The molecule has 0 atom stereocenters. The van der Waals surface area contributed by atoms with Gasteiger partial charge in [0.25, 0.3) is 0 Å². The lowest BCUT2D eigenvalue weighted by Gasteiger charge is -2.31. The predicted octanol–water partition coefficient (Wildman–Crippen LogP) is 1.95. The van der Waals surface area contributed by atoms with Gasteiger partial charge in [0.05, 0.1) is 0 Å². The maximum absolute atomic E-state index is 6.02. The Balaban J connectivity index is 1.93. The van der Waals surface area contributed by atoms with Crippen molar-refractivity contribution in [3.63, 3.8) is 0 Å². The summed E-state index contributed by atoms with van der Waals surface area (Å²) in [5.41, 5.74) is 6.60. The molecule has 0 radical (unpaired) electrons. The third-order valence-electron chi connectivity index (χ3n) is 3.22. The fraction of sp³-hybridized carbons (Fsp3) is 0.636. The van der Waals surface area contributed by atoms with Crippen molar-refractivity contribution < 1.29 is 0 Å². The van der Waals surface area contributed by atoms with Crippen molar-refractivity contribution >= 4 is 23.2 Å². The number of piperidine rings is 1. The minimum Gasteiger partial charge on any atom is -0.330 e. The molecule has 1 saturated heterocycles. The molecule has 1 aromatic heterocycles. The summed E-state index contributed by atoms with van der Waals surface area (Å²) in [4.78, 5) is 10.3. The van der Waals surface area contributed by atoms with E-state index < -0.39 is 0 Å². The van der Waals surface area contributed by atoms with Crippen LogP contribution in [0.3, 0.4) is 0 Å². The Morgan fingerprint density at radius 1 is 1.35 bits per heavy atom. The third-order valence-corrected chi connectivity index (χ3v) is 3.73. The second kappa shape index (κ2) is 5.96. The molecular formula is C11H16Cl2N4. The van der Waals surface area contributed by atoms with Crippen LogP contribution in [0.1, 0.15) is 18.4 Å². The molecule has 0 bridgehead atoms. The zero-order valence-electron chi connectivity index (χ0n) is 9.57. The third kappa shape index (κ3) is 3.52. The average molecular weight is 275 g/mol. The summed E-state index contributed by atoms with van der Waals surface area (Å²) in [6.07, 6.45) is 4.01. The summed E-state index contributed by atoms with van der Waals surface area (Å²) in [6, 6.07) is 0. The summed E-state index contributed by atoms with van der Waals surface area (Å²) in [6.45, 7) is 3.69. The van der Waals surface area contributed by atoms with Crippen LogP contribution >= 0.6 is 23.2 Å². The van der Waals surface area contributed by atoms with E-state index in [9.17, 15) is 0 Å². The van der Waals surface area contributed by atoms with Gasteiger partial charge in [-0.1, -0.05) is 11.6 Å². The summed E-state index contributed by atoms with van der Waals surface area (Å²) in [5, 5.41) is 0.645. The maximum atomic E-state index is 6.02. The standard InChI is InChI=1S/C11H16Cl2N4/c12-10-9(6-15-11(13)16-10)7-17-3-1-8(5-14)2-4-17/h6,8H,1-5,7,14H2. The number of hydrogen-bond acceptors (Lipinski definition) is 4. The van der Waals surface area contributed by atoms with Crippen LogP contribution in [0.2, 0.25) is 10.4 Å². The first-order valence-electron chi connectivity index (χ1n) is 5.78. The number of likely N-dealkylation sites (tertiary alicyclic amines) is 1. The first kappa shape index (κ1) is 13.0. The summed E-state index contributed by atoms with van der Waals surface area (Å²) >= 11 is 11.7. The van der Waals surface area contributed by atoms with Crippen LogP contribution in [0.5, 0.6) is 0 Å². The number of aromatic nitrogens is 2. The maximum Gasteiger partial charge on any atom is 0.223 e. The van der Waals surface area contributed by atoms with Gasteiger partial charge in [0.2, 0.25) is 5.28 Å². The van der Waals surface area contributed by atoms with Gasteiger partial charge in [0, 0.05) is 18.3 Å². The highest BCUT2D eigenvalue weighted by molar-refractivity contribution is 6.32. The average Bonchev–Trinajstić information content (AvgIpc) is 2.34.